The van der Waals surface area contributed by atoms with E-state index >= 15 is 0 Å². The highest BCUT2D eigenvalue weighted by Crippen LogP contribution is 2.24. The maximum Gasteiger partial charge on any atom is 0.178 e. The number of nitrogens with zero attached hydrogens (tertiary/aromatic N) is 2. The molecule has 1 aliphatic rings. The number of imidazole rings is 1. The Morgan fingerprint density at radius 2 is 1.88 bits per heavy atom. The molecule has 4 rings (SSSR count). The van der Waals surface area contributed by atoms with Gasteiger partial charge in [-0.1, -0.05) is 28.9 Å². The summed E-state index contributed by atoms with van der Waals surface area (Å²) in [6.07, 6.45) is 6.19. The number of halogens is 1. The lowest BCUT2D eigenvalue weighted by Gasteiger charge is -2.14. The number of pyridine rings is 1. The molecule has 0 atom stereocenters. The van der Waals surface area contributed by atoms with E-state index in [4.69, 9.17) is 4.74 Å². The second-order valence-corrected chi connectivity index (χ2v) is 7.63. The summed E-state index contributed by atoms with van der Waals surface area (Å²) in [6, 6.07) is 8.68. The minimum Gasteiger partial charge on any atom is -0.378 e. The first-order valence-corrected chi connectivity index (χ1v) is 10.0. The number of fused-ring (bicyclic) bond motifs is 2. The maximum atomic E-state index is 5.06. The van der Waals surface area contributed by atoms with E-state index in [0.29, 0.717) is 6.61 Å². The molecule has 26 heavy (non-hydrogen) atoms. The van der Waals surface area contributed by atoms with Crippen molar-refractivity contribution in [2.75, 3.05) is 7.11 Å². The summed E-state index contributed by atoms with van der Waals surface area (Å²) >= 11 is 3.49. The molecular weight excluding hydrogens is 390 g/mol. The fourth-order valence-electron chi connectivity index (χ4n) is 3.35. The largest absolute Gasteiger partial charge is 0.378 e. The van der Waals surface area contributed by atoms with Crippen LogP contribution in [-0.2, 0) is 30.6 Å². The first-order valence-electron chi connectivity index (χ1n) is 9.22. The number of H-pyrrole nitrogens is 1. The number of aryl methyl sites for hydroxylation is 4. The van der Waals surface area contributed by atoms with Crippen LogP contribution in [0.25, 0.3) is 11.2 Å². The second-order valence-electron chi connectivity index (χ2n) is 6.72. The summed E-state index contributed by atoms with van der Waals surface area (Å²) in [7, 11) is 1.67. The van der Waals surface area contributed by atoms with Gasteiger partial charge in [0.1, 0.15) is 5.82 Å². The Hall–Kier alpha value is -1.72. The standard InChI is InChI=1S/C11H15N3O.C10H11Br/c1-4-9-13-10-7(2)5-8(6-15-3)12-11(10)14-9;11-10-6-5-8-3-1-2-4-9(8)7-10/h5H,4,6H2,1-3H3,(H,12,13,14);5-7H,1-4H2. The normalized spacial score (nSPS) is 13.2. The van der Waals surface area contributed by atoms with E-state index < -0.39 is 0 Å². The smallest absolute Gasteiger partial charge is 0.178 e. The van der Waals surface area contributed by atoms with Crippen LogP contribution in [0.15, 0.2) is 28.7 Å². The van der Waals surface area contributed by atoms with Crippen LogP contribution in [0.4, 0.5) is 0 Å². The Kier molecular flexibility index (Phi) is 6.43. The van der Waals surface area contributed by atoms with Crippen LogP contribution in [0.3, 0.4) is 0 Å². The predicted molar refractivity (Wildman–Crippen MR) is 110 cm³/mol. The molecule has 2 heterocycles. The molecule has 5 heteroatoms. The second kappa shape index (κ2) is 8.78. The molecule has 0 radical (unpaired) electrons. The highest BCUT2D eigenvalue weighted by atomic mass is 79.9. The number of hydrogen-bond donors (Lipinski definition) is 1. The third-order valence-corrected chi connectivity index (χ3v) is 5.19. The number of methoxy groups -OCH3 is 1. The third kappa shape index (κ3) is 4.51. The van der Waals surface area contributed by atoms with E-state index in [9.17, 15) is 0 Å². The van der Waals surface area contributed by atoms with Crippen LogP contribution >= 0.6 is 15.9 Å². The van der Waals surface area contributed by atoms with Crippen molar-refractivity contribution in [3.63, 3.8) is 0 Å². The lowest BCUT2D eigenvalue weighted by atomic mass is 9.92. The number of benzene rings is 1. The van der Waals surface area contributed by atoms with Crippen LogP contribution in [0.5, 0.6) is 0 Å². The fraction of sp³-hybridized carbons (Fsp3) is 0.429. The zero-order valence-corrected chi connectivity index (χ0v) is 17.3. The Morgan fingerprint density at radius 3 is 2.62 bits per heavy atom. The van der Waals surface area contributed by atoms with Crippen LogP contribution in [0, 0.1) is 6.92 Å². The molecule has 3 aromatic rings. The molecule has 2 aromatic heterocycles. The van der Waals surface area contributed by atoms with Crippen molar-refractivity contribution < 1.29 is 4.74 Å². The minimum absolute atomic E-state index is 0.533. The molecule has 0 unspecified atom stereocenters. The van der Waals surface area contributed by atoms with Crippen molar-refractivity contribution in [3.05, 3.63) is 56.9 Å². The van der Waals surface area contributed by atoms with Crippen molar-refractivity contribution in [1.29, 1.82) is 0 Å². The molecule has 4 nitrogen and oxygen atoms in total. The first kappa shape index (κ1) is 19.1. The molecule has 0 bridgehead atoms. The zero-order chi connectivity index (χ0) is 18.5. The highest BCUT2D eigenvalue weighted by Gasteiger charge is 2.08. The molecule has 0 fully saturated rings. The minimum atomic E-state index is 0.533. The van der Waals surface area contributed by atoms with Gasteiger partial charge in [-0.2, -0.15) is 0 Å². The molecular formula is C21H26BrN3O. The quantitative estimate of drug-likeness (QED) is 0.630. The van der Waals surface area contributed by atoms with E-state index in [0.717, 1.165) is 29.1 Å². The van der Waals surface area contributed by atoms with E-state index in [1.165, 1.54) is 35.7 Å². The Bertz CT molecular complexity index is 888. The van der Waals surface area contributed by atoms with Gasteiger partial charge in [-0.3, -0.25) is 0 Å². The van der Waals surface area contributed by atoms with E-state index in [-0.39, 0.29) is 0 Å². The van der Waals surface area contributed by atoms with Gasteiger partial charge in [-0.25, -0.2) is 9.97 Å². The van der Waals surface area contributed by atoms with Gasteiger partial charge in [0.25, 0.3) is 0 Å². The Balaban J connectivity index is 0.000000158. The number of ether oxygens (including phenoxy) is 1. The van der Waals surface area contributed by atoms with Crippen LogP contribution in [0.2, 0.25) is 0 Å². The summed E-state index contributed by atoms with van der Waals surface area (Å²) in [5, 5.41) is 0. The van der Waals surface area contributed by atoms with Gasteiger partial charge in [-0.05, 0) is 67.5 Å². The van der Waals surface area contributed by atoms with E-state index in [2.05, 4.69) is 62.9 Å². The number of rotatable bonds is 3. The molecule has 0 amide bonds. The lowest BCUT2D eigenvalue weighted by Crippen LogP contribution is -2.01. The molecule has 1 aromatic carbocycles. The highest BCUT2D eigenvalue weighted by molar-refractivity contribution is 9.10. The van der Waals surface area contributed by atoms with Crippen molar-refractivity contribution in [3.8, 4) is 0 Å². The van der Waals surface area contributed by atoms with Crippen LogP contribution < -0.4 is 0 Å². The third-order valence-electron chi connectivity index (χ3n) is 4.70. The zero-order valence-electron chi connectivity index (χ0n) is 15.7. The van der Waals surface area contributed by atoms with Gasteiger partial charge in [0.05, 0.1) is 17.8 Å². The molecule has 0 aliphatic heterocycles. The molecule has 0 spiro atoms. The molecule has 0 saturated heterocycles. The molecule has 1 aliphatic carbocycles. The van der Waals surface area contributed by atoms with Gasteiger partial charge < -0.3 is 9.72 Å². The van der Waals surface area contributed by atoms with Crippen molar-refractivity contribution in [2.24, 2.45) is 0 Å². The summed E-state index contributed by atoms with van der Waals surface area (Å²) < 4.78 is 6.28. The fourth-order valence-corrected chi connectivity index (χ4v) is 3.76. The molecule has 1 N–H and O–H groups in total. The topological polar surface area (TPSA) is 50.8 Å². The average molecular weight is 416 g/mol. The molecule has 0 saturated carbocycles. The SMILES string of the molecule is Brc1ccc2c(c1)CCCC2.CCc1nc2nc(COC)cc(C)c2[nH]1. The van der Waals surface area contributed by atoms with Gasteiger partial charge in [-0.15, -0.1) is 0 Å². The number of hydrogen-bond acceptors (Lipinski definition) is 3. The number of nitrogens with one attached hydrogen (secondary N) is 1. The van der Waals surface area contributed by atoms with Crippen LogP contribution in [0.1, 0.15) is 48.0 Å². The molecule has 138 valence electrons. The summed E-state index contributed by atoms with van der Waals surface area (Å²) in [5.41, 5.74) is 7.02. The van der Waals surface area contributed by atoms with E-state index in [1.807, 2.05) is 6.07 Å². The van der Waals surface area contributed by atoms with E-state index in [1.54, 1.807) is 18.2 Å². The summed E-state index contributed by atoms with van der Waals surface area (Å²) in [6.45, 7) is 4.66. The van der Waals surface area contributed by atoms with Gasteiger partial charge >= 0.3 is 0 Å². The summed E-state index contributed by atoms with van der Waals surface area (Å²) in [5.74, 6) is 0.982. The van der Waals surface area contributed by atoms with Crippen molar-refractivity contribution in [2.45, 2.75) is 52.6 Å². The van der Waals surface area contributed by atoms with Crippen molar-refractivity contribution in [1.82, 2.24) is 15.0 Å². The maximum absolute atomic E-state index is 5.06. The number of aromatic amines is 1. The van der Waals surface area contributed by atoms with Gasteiger partial charge in [0.2, 0.25) is 0 Å². The van der Waals surface area contributed by atoms with Crippen molar-refractivity contribution >= 4 is 27.1 Å². The Labute approximate surface area is 163 Å². The van der Waals surface area contributed by atoms with Gasteiger partial charge in [0.15, 0.2) is 5.65 Å². The van der Waals surface area contributed by atoms with Crippen LogP contribution in [-0.4, -0.2) is 22.1 Å². The monoisotopic (exact) mass is 415 g/mol. The lowest BCUT2D eigenvalue weighted by molar-refractivity contribution is 0.181. The Morgan fingerprint density at radius 1 is 1.12 bits per heavy atom. The number of aromatic nitrogens is 3. The average Bonchev–Trinajstić information content (AvgIpc) is 3.06. The van der Waals surface area contributed by atoms with Gasteiger partial charge in [0, 0.05) is 18.0 Å². The predicted octanol–water partition coefficient (Wildman–Crippen LogP) is 5.30. The first-order chi connectivity index (χ1) is 12.6. The summed E-state index contributed by atoms with van der Waals surface area (Å²) in [4.78, 5) is 12.1.